The lowest BCUT2D eigenvalue weighted by Crippen LogP contribution is -2.33. The highest BCUT2D eigenvalue weighted by Crippen LogP contribution is 2.17. The first kappa shape index (κ1) is 15.5. The number of allylic oxidation sites excluding steroid dienone is 1. The van der Waals surface area contributed by atoms with Crippen molar-refractivity contribution in [3.05, 3.63) is 12.2 Å². The molecule has 1 fully saturated rings. The monoisotopic (exact) mass is 281 g/mol. The average molecular weight is 281 g/mol. The number of ether oxygens (including phenoxy) is 2. The number of carbonyl (C=O) groups excluding carboxylic acids is 1. The Balaban J connectivity index is 1.55. The molecule has 2 atom stereocenters. The average Bonchev–Trinajstić information content (AvgIpc) is 2.91. The topological polar surface area (TPSA) is 47.6 Å². The standard InChI is InChI=1S/C16H27NO3/c18-16(14-7-4-2-1-3-5-8-14)17-10-12-19-13-15-9-6-11-20-15/h4,7,14-15H,1-3,5-6,8-13H2,(H,17,18). The lowest BCUT2D eigenvalue weighted by Gasteiger charge is -2.15. The SMILES string of the molecule is O=C(NCCOCC1CCCO1)C1C=CCCCCC1. The number of carbonyl (C=O) groups is 1. The fourth-order valence-electron chi connectivity index (χ4n) is 2.75. The Bertz CT molecular complexity index is 311. The van der Waals surface area contributed by atoms with E-state index in [-0.39, 0.29) is 17.9 Å². The van der Waals surface area contributed by atoms with Crippen LogP contribution in [0.4, 0.5) is 0 Å². The summed E-state index contributed by atoms with van der Waals surface area (Å²) in [5, 5.41) is 2.97. The van der Waals surface area contributed by atoms with E-state index in [1.807, 2.05) is 0 Å². The summed E-state index contributed by atoms with van der Waals surface area (Å²) in [5.74, 6) is 0.192. The van der Waals surface area contributed by atoms with E-state index in [4.69, 9.17) is 9.47 Å². The van der Waals surface area contributed by atoms with Crippen LogP contribution in [-0.4, -0.2) is 38.4 Å². The number of hydrogen-bond donors (Lipinski definition) is 1. The molecule has 1 N–H and O–H groups in total. The van der Waals surface area contributed by atoms with Crippen molar-refractivity contribution in [3.8, 4) is 0 Å². The van der Waals surface area contributed by atoms with E-state index in [0.29, 0.717) is 19.8 Å². The molecule has 114 valence electrons. The highest BCUT2D eigenvalue weighted by Gasteiger charge is 2.16. The maximum absolute atomic E-state index is 12.0. The molecule has 2 aliphatic rings. The summed E-state index contributed by atoms with van der Waals surface area (Å²) in [6.45, 7) is 2.68. The summed E-state index contributed by atoms with van der Waals surface area (Å²) in [6, 6.07) is 0. The Kier molecular flexibility index (Phi) is 7.09. The van der Waals surface area contributed by atoms with Crippen LogP contribution in [0.15, 0.2) is 12.2 Å². The van der Waals surface area contributed by atoms with Gasteiger partial charge in [-0.25, -0.2) is 0 Å². The third-order valence-corrected chi connectivity index (χ3v) is 3.96. The van der Waals surface area contributed by atoms with Gasteiger partial charge in [0.2, 0.25) is 5.91 Å². The van der Waals surface area contributed by atoms with E-state index >= 15 is 0 Å². The maximum atomic E-state index is 12.0. The van der Waals surface area contributed by atoms with Crippen LogP contribution >= 0.6 is 0 Å². The van der Waals surface area contributed by atoms with Crippen molar-refractivity contribution >= 4 is 5.91 Å². The minimum absolute atomic E-state index is 0.0495. The first-order valence-corrected chi connectivity index (χ1v) is 8.00. The van der Waals surface area contributed by atoms with E-state index in [2.05, 4.69) is 17.5 Å². The smallest absolute Gasteiger partial charge is 0.226 e. The van der Waals surface area contributed by atoms with Crippen LogP contribution in [0.5, 0.6) is 0 Å². The molecule has 4 nitrogen and oxygen atoms in total. The molecule has 0 saturated carbocycles. The minimum Gasteiger partial charge on any atom is -0.377 e. The largest absolute Gasteiger partial charge is 0.377 e. The first-order chi connectivity index (χ1) is 9.86. The molecule has 0 aromatic heterocycles. The molecule has 2 unspecified atom stereocenters. The number of amides is 1. The van der Waals surface area contributed by atoms with Gasteiger partial charge in [-0.3, -0.25) is 4.79 Å². The normalized spacial score (nSPS) is 27.0. The van der Waals surface area contributed by atoms with Gasteiger partial charge in [-0.1, -0.05) is 25.0 Å². The van der Waals surface area contributed by atoms with E-state index in [1.54, 1.807) is 0 Å². The summed E-state index contributed by atoms with van der Waals surface area (Å²) >= 11 is 0. The van der Waals surface area contributed by atoms with Gasteiger partial charge >= 0.3 is 0 Å². The summed E-state index contributed by atoms with van der Waals surface area (Å²) in [7, 11) is 0. The molecule has 0 aromatic rings. The molecule has 20 heavy (non-hydrogen) atoms. The van der Waals surface area contributed by atoms with Crippen molar-refractivity contribution in [2.75, 3.05) is 26.4 Å². The second-order valence-electron chi connectivity index (χ2n) is 5.67. The summed E-state index contributed by atoms with van der Waals surface area (Å²) in [4.78, 5) is 12.0. The molecule has 0 bridgehead atoms. The molecule has 2 rings (SSSR count). The van der Waals surface area contributed by atoms with E-state index in [9.17, 15) is 4.79 Å². The van der Waals surface area contributed by atoms with Gasteiger partial charge in [0, 0.05) is 13.2 Å². The minimum atomic E-state index is 0.0495. The summed E-state index contributed by atoms with van der Waals surface area (Å²) in [6.07, 6.45) is 12.4. The van der Waals surface area contributed by atoms with Crippen LogP contribution in [-0.2, 0) is 14.3 Å². The Hall–Kier alpha value is -0.870. The van der Waals surface area contributed by atoms with Crippen LogP contribution in [0, 0.1) is 5.92 Å². The van der Waals surface area contributed by atoms with Gasteiger partial charge in [0.05, 0.1) is 25.2 Å². The Morgan fingerprint density at radius 3 is 3.05 bits per heavy atom. The fourth-order valence-corrected chi connectivity index (χ4v) is 2.75. The van der Waals surface area contributed by atoms with Gasteiger partial charge in [0.1, 0.15) is 0 Å². The molecule has 4 heteroatoms. The summed E-state index contributed by atoms with van der Waals surface area (Å²) < 4.78 is 11.0. The molecule has 0 radical (unpaired) electrons. The molecule has 0 aromatic carbocycles. The Labute approximate surface area is 121 Å². The van der Waals surface area contributed by atoms with Gasteiger partial charge in [-0.05, 0) is 32.1 Å². The Morgan fingerprint density at radius 2 is 2.20 bits per heavy atom. The van der Waals surface area contributed by atoms with Crippen molar-refractivity contribution in [1.82, 2.24) is 5.32 Å². The van der Waals surface area contributed by atoms with Gasteiger partial charge in [0.25, 0.3) is 0 Å². The predicted molar refractivity (Wildman–Crippen MR) is 78.5 cm³/mol. The maximum Gasteiger partial charge on any atom is 0.226 e. The number of nitrogens with one attached hydrogen (secondary N) is 1. The highest BCUT2D eigenvalue weighted by atomic mass is 16.5. The summed E-state index contributed by atoms with van der Waals surface area (Å²) in [5.41, 5.74) is 0. The van der Waals surface area contributed by atoms with Crippen LogP contribution in [0.2, 0.25) is 0 Å². The van der Waals surface area contributed by atoms with Gasteiger partial charge in [-0.15, -0.1) is 0 Å². The molecule has 1 saturated heterocycles. The molecule has 1 heterocycles. The van der Waals surface area contributed by atoms with Crippen molar-refractivity contribution < 1.29 is 14.3 Å². The zero-order valence-electron chi connectivity index (χ0n) is 12.3. The predicted octanol–water partition coefficient (Wildman–Crippen LogP) is 2.43. The lowest BCUT2D eigenvalue weighted by atomic mass is 9.96. The van der Waals surface area contributed by atoms with Gasteiger partial charge in [0.15, 0.2) is 0 Å². The number of hydrogen-bond acceptors (Lipinski definition) is 3. The zero-order valence-corrected chi connectivity index (χ0v) is 12.3. The van der Waals surface area contributed by atoms with Crippen LogP contribution in [0.25, 0.3) is 0 Å². The van der Waals surface area contributed by atoms with Gasteiger partial charge < -0.3 is 14.8 Å². The van der Waals surface area contributed by atoms with Crippen LogP contribution < -0.4 is 5.32 Å². The molecular weight excluding hydrogens is 254 g/mol. The molecule has 0 spiro atoms. The second-order valence-corrected chi connectivity index (χ2v) is 5.67. The second kappa shape index (κ2) is 9.14. The van der Waals surface area contributed by atoms with Crippen molar-refractivity contribution in [3.63, 3.8) is 0 Å². The van der Waals surface area contributed by atoms with Crippen LogP contribution in [0.3, 0.4) is 0 Å². The zero-order chi connectivity index (χ0) is 14.0. The molecule has 1 amide bonds. The van der Waals surface area contributed by atoms with Crippen LogP contribution in [0.1, 0.15) is 44.9 Å². The van der Waals surface area contributed by atoms with E-state index in [1.165, 1.54) is 12.8 Å². The quantitative estimate of drug-likeness (QED) is 0.601. The van der Waals surface area contributed by atoms with Gasteiger partial charge in [-0.2, -0.15) is 0 Å². The molecule has 1 aliphatic carbocycles. The fraction of sp³-hybridized carbons (Fsp3) is 0.812. The van der Waals surface area contributed by atoms with Crippen molar-refractivity contribution in [2.45, 2.75) is 51.0 Å². The number of rotatable bonds is 6. The first-order valence-electron chi connectivity index (χ1n) is 8.00. The van der Waals surface area contributed by atoms with E-state index < -0.39 is 0 Å². The van der Waals surface area contributed by atoms with Crippen molar-refractivity contribution in [1.29, 1.82) is 0 Å². The molecule has 1 aliphatic heterocycles. The highest BCUT2D eigenvalue weighted by molar-refractivity contribution is 5.80. The van der Waals surface area contributed by atoms with Crippen molar-refractivity contribution in [2.24, 2.45) is 5.92 Å². The Morgan fingerprint density at radius 1 is 1.25 bits per heavy atom. The lowest BCUT2D eigenvalue weighted by molar-refractivity contribution is -0.124. The third-order valence-electron chi connectivity index (χ3n) is 3.96. The van der Waals surface area contributed by atoms with E-state index in [0.717, 1.165) is 38.7 Å². The third kappa shape index (κ3) is 5.63. The molecular formula is C16H27NO3.